The highest BCUT2D eigenvalue weighted by Gasteiger charge is 2.17. The van der Waals surface area contributed by atoms with Gasteiger partial charge in [0.25, 0.3) is 0 Å². The summed E-state index contributed by atoms with van der Waals surface area (Å²) < 4.78 is 2.81. The van der Waals surface area contributed by atoms with Crippen LogP contribution < -0.4 is 5.73 Å². The maximum atomic E-state index is 5.87. The lowest BCUT2D eigenvalue weighted by atomic mass is 10.3. The van der Waals surface area contributed by atoms with Crippen molar-refractivity contribution in [1.29, 1.82) is 0 Å². The lowest BCUT2D eigenvalue weighted by Crippen LogP contribution is -2.01. The van der Waals surface area contributed by atoms with E-state index in [0.29, 0.717) is 6.54 Å². The Morgan fingerprint density at radius 1 is 1.30 bits per heavy atom. The van der Waals surface area contributed by atoms with E-state index in [1.165, 1.54) is 11.3 Å². The van der Waals surface area contributed by atoms with Crippen LogP contribution in [-0.2, 0) is 6.54 Å². The van der Waals surface area contributed by atoms with E-state index in [1.807, 2.05) is 41.9 Å². The molecule has 2 heterocycles. The molecule has 5 nitrogen and oxygen atoms in total. The van der Waals surface area contributed by atoms with E-state index in [0.717, 1.165) is 26.3 Å². The van der Waals surface area contributed by atoms with Crippen LogP contribution in [0.4, 0.5) is 0 Å². The lowest BCUT2D eigenvalue weighted by molar-refractivity contribution is 0.787. The molecule has 2 N–H and O–H groups in total. The van der Waals surface area contributed by atoms with E-state index in [2.05, 4.69) is 15.3 Å². The fourth-order valence-electron chi connectivity index (χ4n) is 1.91. The SMILES string of the molecule is Cc1nn(-c2ccccc2)c(Sc2nncs2)c1CN. The van der Waals surface area contributed by atoms with Gasteiger partial charge in [0, 0.05) is 12.1 Å². The zero-order valence-electron chi connectivity index (χ0n) is 10.9. The average Bonchev–Trinajstić information content (AvgIpc) is 3.08. The summed E-state index contributed by atoms with van der Waals surface area (Å²) in [6.07, 6.45) is 0. The molecule has 0 aliphatic carbocycles. The van der Waals surface area contributed by atoms with E-state index in [9.17, 15) is 0 Å². The van der Waals surface area contributed by atoms with Crippen LogP contribution in [0.1, 0.15) is 11.3 Å². The summed E-state index contributed by atoms with van der Waals surface area (Å²) in [5, 5.41) is 13.6. The quantitative estimate of drug-likeness (QED) is 0.802. The van der Waals surface area contributed by atoms with Crippen molar-refractivity contribution in [3.05, 3.63) is 47.1 Å². The van der Waals surface area contributed by atoms with Gasteiger partial charge in [-0.25, -0.2) is 4.68 Å². The van der Waals surface area contributed by atoms with Gasteiger partial charge in [-0.05, 0) is 30.8 Å². The van der Waals surface area contributed by atoms with Crippen LogP contribution in [0.25, 0.3) is 5.69 Å². The number of nitrogens with zero attached hydrogens (tertiary/aromatic N) is 4. The second-order valence-corrected chi connectivity index (χ2v) is 6.20. The van der Waals surface area contributed by atoms with Gasteiger partial charge in [-0.3, -0.25) is 0 Å². The molecule has 7 heteroatoms. The van der Waals surface area contributed by atoms with Gasteiger partial charge in [0.05, 0.1) is 11.4 Å². The third kappa shape index (κ3) is 2.47. The Hall–Kier alpha value is -1.70. The molecular weight excluding hydrogens is 290 g/mol. The Balaban J connectivity index is 2.10. The van der Waals surface area contributed by atoms with Gasteiger partial charge in [0.2, 0.25) is 0 Å². The van der Waals surface area contributed by atoms with E-state index >= 15 is 0 Å². The van der Waals surface area contributed by atoms with E-state index in [-0.39, 0.29) is 0 Å². The van der Waals surface area contributed by atoms with Crippen LogP contribution in [0.15, 0.2) is 45.2 Å². The normalized spacial score (nSPS) is 10.9. The largest absolute Gasteiger partial charge is 0.326 e. The monoisotopic (exact) mass is 303 g/mol. The molecule has 0 atom stereocenters. The van der Waals surface area contributed by atoms with Crippen molar-refractivity contribution in [2.45, 2.75) is 22.8 Å². The van der Waals surface area contributed by atoms with Gasteiger partial charge in [0.1, 0.15) is 10.5 Å². The van der Waals surface area contributed by atoms with Crippen LogP contribution >= 0.6 is 23.1 Å². The van der Waals surface area contributed by atoms with Crippen LogP contribution in [-0.4, -0.2) is 20.0 Å². The molecule has 0 radical (unpaired) electrons. The minimum absolute atomic E-state index is 0.458. The lowest BCUT2D eigenvalue weighted by Gasteiger charge is -2.06. The van der Waals surface area contributed by atoms with Crippen molar-refractivity contribution in [3.63, 3.8) is 0 Å². The fourth-order valence-corrected chi connectivity index (χ4v) is 3.59. The number of aromatic nitrogens is 4. The summed E-state index contributed by atoms with van der Waals surface area (Å²) in [6, 6.07) is 10.0. The summed E-state index contributed by atoms with van der Waals surface area (Å²) in [6.45, 7) is 2.44. The van der Waals surface area contributed by atoms with Gasteiger partial charge >= 0.3 is 0 Å². The second kappa shape index (κ2) is 5.74. The smallest absolute Gasteiger partial charge is 0.180 e. The maximum Gasteiger partial charge on any atom is 0.180 e. The van der Waals surface area contributed by atoms with Crippen LogP contribution in [0, 0.1) is 6.92 Å². The van der Waals surface area contributed by atoms with Crippen molar-refractivity contribution in [2.75, 3.05) is 0 Å². The van der Waals surface area contributed by atoms with Gasteiger partial charge in [-0.15, -0.1) is 10.2 Å². The summed E-state index contributed by atoms with van der Waals surface area (Å²) >= 11 is 3.06. The zero-order chi connectivity index (χ0) is 13.9. The Labute approximate surface area is 124 Å². The molecular formula is C13H13N5S2. The molecule has 20 heavy (non-hydrogen) atoms. The van der Waals surface area contributed by atoms with E-state index in [1.54, 1.807) is 17.3 Å². The van der Waals surface area contributed by atoms with Gasteiger partial charge in [0.15, 0.2) is 4.34 Å². The van der Waals surface area contributed by atoms with Crippen LogP contribution in [0.5, 0.6) is 0 Å². The highest BCUT2D eigenvalue weighted by Crippen LogP contribution is 2.34. The number of rotatable bonds is 4. The topological polar surface area (TPSA) is 69.6 Å². The van der Waals surface area contributed by atoms with E-state index < -0.39 is 0 Å². The second-order valence-electron chi connectivity index (χ2n) is 4.13. The Morgan fingerprint density at radius 3 is 2.75 bits per heavy atom. The molecule has 0 spiro atoms. The van der Waals surface area contributed by atoms with Crippen molar-refractivity contribution < 1.29 is 0 Å². The third-order valence-corrected chi connectivity index (χ3v) is 4.76. The molecule has 0 aliphatic rings. The summed E-state index contributed by atoms with van der Waals surface area (Å²) in [4.78, 5) is 0. The molecule has 0 unspecified atom stereocenters. The van der Waals surface area contributed by atoms with Crippen molar-refractivity contribution in [1.82, 2.24) is 20.0 Å². The highest BCUT2D eigenvalue weighted by molar-refractivity contribution is 8.01. The number of hydrogen-bond acceptors (Lipinski definition) is 6. The average molecular weight is 303 g/mol. The predicted octanol–water partition coefficient (Wildman–Crippen LogP) is 2.64. The zero-order valence-corrected chi connectivity index (χ0v) is 12.5. The number of benzene rings is 1. The molecule has 0 saturated heterocycles. The first-order valence-corrected chi connectivity index (χ1v) is 7.77. The molecule has 0 aliphatic heterocycles. The first-order chi connectivity index (χ1) is 9.79. The molecule has 0 amide bonds. The number of aryl methyl sites for hydroxylation is 1. The maximum absolute atomic E-state index is 5.87. The number of nitrogens with two attached hydrogens (primary N) is 1. The highest BCUT2D eigenvalue weighted by atomic mass is 32.2. The first-order valence-electron chi connectivity index (χ1n) is 6.07. The Kier molecular flexibility index (Phi) is 3.81. The molecule has 3 aromatic rings. The van der Waals surface area contributed by atoms with E-state index in [4.69, 9.17) is 5.73 Å². The standard InChI is InChI=1S/C13H13N5S2/c1-9-11(7-14)12(20-13-16-15-8-19-13)18(17-9)10-5-3-2-4-6-10/h2-6,8H,7,14H2,1H3. The molecule has 0 bridgehead atoms. The van der Waals surface area contributed by atoms with Crippen molar-refractivity contribution in [3.8, 4) is 5.69 Å². The van der Waals surface area contributed by atoms with Gasteiger partial charge in [-0.1, -0.05) is 29.5 Å². The van der Waals surface area contributed by atoms with Crippen molar-refractivity contribution >= 4 is 23.1 Å². The summed E-state index contributed by atoms with van der Waals surface area (Å²) in [5.41, 5.74) is 10.6. The van der Waals surface area contributed by atoms with Crippen LogP contribution in [0.3, 0.4) is 0 Å². The van der Waals surface area contributed by atoms with Crippen LogP contribution in [0.2, 0.25) is 0 Å². The number of para-hydroxylation sites is 1. The third-order valence-electron chi connectivity index (χ3n) is 2.87. The summed E-state index contributed by atoms with van der Waals surface area (Å²) in [7, 11) is 0. The first kappa shape index (κ1) is 13.3. The Bertz CT molecular complexity index is 691. The Morgan fingerprint density at radius 2 is 2.10 bits per heavy atom. The molecule has 3 rings (SSSR count). The fraction of sp³-hybridized carbons (Fsp3) is 0.154. The molecule has 0 fully saturated rings. The van der Waals surface area contributed by atoms with Gasteiger partial charge < -0.3 is 5.73 Å². The number of hydrogen-bond donors (Lipinski definition) is 1. The van der Waals surface area contributed by atoms with Gasteiger partial charge in [-0.2, -0.15) is 5.10 Å². The molecule has 0 saturated carbocycles. The predicted molar refractivity (Wildman–Crippen MR) is 80.2 cm³/mol. The summed E-state index contributed by atoms with van der Waals surface area (Å²) in [5.74, 6) is 0. The minimum atomic E-state index is 0.458. The molecule has 102 valence electrons. The minimum Gasteiger partial charge on any atom is -0.326 e. The molecule has 2 aromatic heterocycles. The molecule has 1 aromatic carbocycles. The van der Waals surface area contributed by atoms with Crippen molar-refractivity contribution in [2.24, 2.45) is 5.73 Å².